The molecule has 0 atom stereocenters. The predicted octanol–water partition coefficient (Wildman–Crippen LogP) is 1.46. The molecule has 0 aliphatic heterocycles. The number of nitrogens with zero attached hydrogens (tertiary/aromatic N) is 4. The zero-order valence-electron chi connectivity index (χ0n) is 7.52. The first-order valence-electron chi connectivity index (χ1n) is 3.98. The summed E-state index contributed by atoms with van der Waals surface area (Å²) in [5.41, 5.74) is 0.931. The first-order chi connectivity index (χ1) is 5.88. The van der Waals surface area contributed by atoms with Gasteiger partial charge in [-0.3, -0.25) is 0 Å². The molecule has 0 aliphatic carbocycles. The van der Waals surface area contributed by atoms with Crippen molar-refractivity contribution in [3.05, 3.63) is 24.5 Å². The van der Waals surface area contributed by atoms with Crippen molar-refractivity contribution in [1.82, 2.24) is 19.6 Å². The zero-order valence-corrected chi connectivity index (χ0v) is 7.52. The Morgan fingerprint density at radius 2 is 2.00 bits per heavy atom. The molecule has 0 saturated heterocycles. The monoisotopic (exact) mass is 164 g/mol. The minimum atomic E-state index is 0.886. The first kappa shape index (κ1) is 8.64. The summed E-state index contributed by atoms with van der Waals surface area (Å²) in [6.45, 7) is 5.90. The Morgan fingerprint density at radius 1 is 1.25 bits per heavy atom. The van der Waals surface area contributed by atoms with Crippen molar-refractivity contribution in [3.8, 4) is 0 Å². The van der Waals surface area contributed by atoms with Gasteiger partial charge in [0, 0.05) is 0 Å². The van der Waals surface area contributed by atoms with Crippen molar-refractivity contribution in [2.24, 2.45) is 0 Å². The number of aromatic nitrogens is 4. The van der Waals surface area contributed by atoms with Gasteiger partial charge in [-0.15, -0.1) is 0 Å². The van der Waals surface area contributed by atoms with Gasteiger partial charge >= 0.3 is 0 Å². The van der Waals surface area contributed by atoms with E-state index in [2.05, 4.69) is 15.1 Å². The fourth-order valence-corrected chi connectivity index (χ4v) is 0.885. The number of fused-ring (bicyclic) bond motifs is 1. The highest BCUT2D eigenvalue weighted by molar-refractivity contribution is 5.40. The zero-order chi connectivity index (χ0) is 8.97. The highest BCUT2D eigenvalue weighted by Crippen LogP contribution is 1.99. The Morgan fingerprint density at radius 3 is 2.67 bits per heavy atom. The Labute approximate surface area is 71.3 Å². The van der Waals surface area contributed by atoms with Gasteiger partial charge in [0.1, 0.15) is 17.7 Å². The number of hydrogen-bond acceptors (Lipinski definition) is 3. The van der Waals surface area contributed by atoms with Crippen LogP contribution in [0.25, 0.3) is 5.52 Å². The molecular weight excluding hydrogens is 152 g/mol. The molecule has 0 bridgehead atoms. The second kappa shape index (κ2) is 3.80. The summed E-state index contributed by atoms with van der Waals surface area (Å²) < 4.78 is 1.74. The second-order valence-electron chi connectivity index (χ2n) is 2.05. The van der Waals surface area contributed by atoms with Crippen LogP contribution in [-0.4, -0.2) is 19.6 Å². The van der Waals surface area contributed by atoms with Crippen LogP contribution in [0.4, 0.5) is 0 Å². The highest BCUT2D eigenvalue weighted by Gasteiger charge is 1.95. The molecule has 2 aromatic rings. The minimum absolute atomic E-state index is 0.886. The van der Waals surface area contributed by atoms with Gasteiger partial charge in [0.05, 0.1) is 12.4 Å². The maximum Gasteiger partial charge on any atom is 0.136 e. The average molecular weight is 164 g/mol. The molecule has 2 aromatic heterocycles. The van der Waals surface area contributed by atoms with Gasteiger partial charge in [0.2, 0.25) is 0 Å². The standard InChI is InChI=1S/C6H6N4.C2H6/c1-5-8-3-6-2-7-4-9-10(5)6;1-2/h2-4H,1H3;1-2H3. The number of imidazole rings is 1. The summed E-state index contributed by atoms with van der Waals surface area (Å²) >= 11 is 0. The molecule has 12 heavy (non-hydrogen) atoms. The van der Waals surface area contributed by atoms with Crippen LogP contribution < -0.4 is 0 Å². The van der Waals surface area contributed by atoms with Crippen LogP contribution in [0.1, 0.15) is 19.7 Å². The Hall–Kier alpha value is -1.45. The lowest BCUT2D eigenvalue weighted by molar-refractivity contribution is 0.852. The molecular formula is C8H12N4. The third-order valence-electron chi connectivity index (χ3n) is 1.38. The molecule has 0 radical (unpaired) electrons. The molecule has 0 N–H and O–H groups in total. The smallest absolute Gasteiger partial charge is 0.136 e. The lowest BCUT2D eigenvalue weighted by atomic mass is 10.6. The third-order valence-corrected chi connectivity index (χ3v) is 1.38. The molecule has 4 nitrogen and oxygen atoms in total. The fraction of sp³-hybridized carbons (Fsp3) is 0.375. The van der Waals surface area contributed by atoms with E-state index in [0.29, 0.717) is 0 Å². The van der Waals surface area contributed by atoms with Gasteiger partial charge in [0.25, 0.3) is 0 Å². The van der Waals surface area contributed by atoms with Crippen LogP contribution in [0, 0.1) is 6.92 Å². The van der Waals surface area contributed by atoms with Crippen molar-refractivity contribution < 1.29 is 0 Å². The van der Waals surface area contributed by atoms with E-state index in [1.807, 2.05) is 20.8 Å². The highest BCUT2D eigenvalue weighted by atomic mass is 15.3. The van der Waals surface area contributed by atoms with E-state index in [1.165, 1.54) is 6.33 Å². The van der Waals surface area contributed by atoms with Crippen LogP contribution in [0.3, 0.4) is 0 Å². The normalized spacial score (nSPS) is 9.25. The summed E-state index contributed by atoms with van der Waals surface area (Å²) in [7, 11) is 0. The van der Waals surface area contributed by atoms with Gasteiger partial charge in [-0.05, 0) is 6.92 Å². The third kappa shape index (κ3) is 1.42. The summed E-state index contributed by atoms with van der Waals surface area (Å²) in [5.74, 6) is 0.886. The van der Waals surface area contributed by atoms with Crippen molar-refractivity contribution in [2.45, 2.75) is 20.8 Å². The SMILES string of the molecule is CC.Cc1ncc2cncnn12. The van der Waals surface area contributed by atoms with Crippen molar-refractivity contribution in [1.29, 1.82) is 0 Å². The molecule has 64 valence electrons. The van der Waals surface area contributed by atoms with E-state index in [9.17, 15) is 0 Å². The van der Waals surface area contributed by atoms with E-state index in [1.54, 1.807) is 16.9 Å². The van der Waals surface area contributed by atoms with E-state index < -0.39 is 0 Å². The molecule has 0 saturated carbocycles. The Bertz CT molecular complexity index is 353. The van der Waals surface area contributed by atoms with Crippen molar-refractivity contribution >= 4 is 5.52 Å². The molecule has 0 amide bonds. The molecule has 4 heteroatoms. The van der Waals surface area contributed by atoms with Gasteiger partial charge in [0.15, 0.2) is 0 Å². The van der Waals surface area contributed by atoms with E-state index in [4.69, 9.17) is 0 Å². The van der Waals surface area contributed by atoms with Crippen LogP contribution in [0.5, 0.6) is 0 Å². The maximum absolute atomic E-state index is 4.06. The van der Waals surface area contributed by atoms with Crippen molar-refractivity contribution in [2.75, 3.05) is 0 Å². The predicted molar refractivity (Wildman–Crippen MR) is 46.9 cm³/mol. The van der Waals surface area contributed by atoms with Crippen molar-refractivity contribution in [3.63, 3.8) is 0 Å². The minimum Gasteiger partial charge on any atom is -0.241 e. The van der Waals surface area contributed by atoms with Gasteiger partial charge in [-0.25, -0.2) is 14.5 Å². The van der Waals surface area contributed by atoms with Gasteiger partial charge in [-0.1, -0.05) is 13.8 Å². The van der Waals surface area contributed by atoms with Crippen LogP contribution in [0.15, 0.2) is 18.7 Å². The van der Waals surface area contributed by atoms with Crippen LogP contribution in [-0.2, 0) is 0 Å². The number of aryl methyl sites for hydroxylation is 1. The lowest BCUT2D eigenvalue weighted by Gasteiger charge is -1.89. The molecule has 0 spiro atoms. The number of hydrogen-bond donors (Lipinski definition) is 0. The Kier molecular flexibility index (Phi) is 2.74. The molecule has 2 heterocycles. The van der Waals surface area contributed by atoms with E-state index in [0.717, 1.165) is 11.3 Å². The summed E-state index contributed by atoms with van der Waals surface area (Å²) in [4.78, 5) is 7.91. The lowest BCUT2D eigenvalue weighted by Crippen LogP contribution is -1.92. The molecule has 0 aliphatic rings. The largest absolute Gasteiger partial charge is 0.241 e. The van der Waals surface area contributed by atoms with Crippen LogP contribution >= 0.6 is 0 Å². The molecule has 0 fully saturated rings. The quantitative estimate of drug-likeness (QED) is 0.592. The molecule has 0 unspecified atom stereocenters. The van der Waals surface area contributed by atoms with E-state index in [-0.39, 0.29) is 0 Å². The molecule has 2 rings (SSSR count). The summed E-state index contributed by atoms with van der Waals surface area (Å²) in [5, 5.41) is 3.98. The second-order valence-corrected chi connectivity index (χ2v) is 2.05. The van der Waals surface area contributed by atoms with Gasteiger partial charge in [-0.2, -0.15) is 5.10 Å². The average Bonchev–Trinajstić information content (AvgIpc) is 2.53. The van der Waals surface area contributed by atoms with E-state index >= 15 is 0 Å². The summed E-state index contributed by atoms with van der Waals surface area (Å²) in [6, 6.07) is 0. The van der Waals surface area contributed by atoms with Gasteiger partial charge < -0.3 is 0 Å². The maximum atomic E-state index is 4.06. The number of rotatable bonds is 0. The topological polar surface area (TPSA) is 43.1 Å². The fourth-order valence-electron chi connectivity index (χ4n) is 0.885. The summed E-state index contributed by atoms with van der Waals surface area (Å²) in [6.07, 6.45) is 4.98. The molecule has 0 aromatic carbocycles. The first-order valence-corrected chi connectivity index (χ1v) is 3.98. The Balaban J connectivity index is 0.000000336. The van der Waals surface area contributed by atoms with Crippen LogP contribution in [0.2, 0.25) is 0 Å².